The Morgan fingerprint density at radius 1 is 1.26 bits per heavy atom. The van der Waals surface area contributed by atoms with Gasteiger partial charge in [0.1, 0.15) is 6.54 Å². The van der Waals surface area contributed by atoms with Crippen LogP contribution in [0.1, 0.15) is 25.7 Å². The molecule has 8 heteroatoms. The van der Waals surface area contributed by atoms with Gasteiger partial charge in [-0.15, -0.1) is 10.2 Å². The zero-order valence-electron chi connectivity index (χ0n) is 12.5. The minimum absolute atomic E-state index is 0.0767. The van der Waals surface area contributed by atoms with Gasteiger partial charge >= 0.3 is 0 Å². The van der Waals surface area contributed by atoms with E-state index in [1.54, 1.807) is 0 Å². The molecule has 1 aliphatic carbocycles. The summed E-state index contributed by atoms with van der Waals surface area (Å²) in [5, 5.41) is 14.7. The van der Waals surface area contributed by atoms with Crippen LogP contribution in [0.15, 0.2) is 30.3 Å². The standard InChI is InChI=1S/C15H17F2N5O/c16-15(17)8-6-12(7-9-15)18-13(23)10-22-20-14(19-21-22)11-4-2-1-3-5-11/h1-5,12H,6-10H2,(H,18,23). The summed E-state index contributed by atoms with van der Waals surface area (Å²) in [7, 11) is 0. The fraction of sp³-hybridized carbons (Fsp3) is 0.467. The van der Waals surface area contributed by atoms with Gasteiger partial charge in [0, 0.05) is 24.4 Å². The van der Waals surface area contributed by atoms with Gasteiger partial charge in [0.15, 0.2) is 0 Å². The predicted molar refractivity (Wildman–Crippen MR) is 78.6 cm³/mol. The van der Waals surface area contributed by atoms with Gasteiger partial charge in [-0.05, 0) is 18.1 Å². The van der Waals surface area contributed by atoms with Gasteiger partial charge in [-0.2, -0.15) is 4.80 Å². The number of carbonyl (C=O) groups excluding carboxylic acids is 1. The molecular weight excluding hydrogens is 304 g/mol. The third-order valence-corrected chi connectivity index (χ3v) is 3.85. The Labute approximate surface area is 131 Å². The number of amides is 1. The molecule has 0 aliphatic heterocycles. The molecule has 1 saturated carbocycles. The largest absolute Gasteiger partial charge is 0.352 e. The summed E-state index contributed by atoms with van der Waals surface area (Å²) in [6.07, 6.45) is 0.215. The molecule has 0 saturated heterocycles. The van der Waals surface area contributed by atoms with Crippen molar-refractivity contribution < 1.29 is 13.6 Å². The molecule has 0 spiro atoms. The monoisotopic (exact) mass is 321 g/mol. The molecule has 1 aliphatic rings. The summed E-state index contributed by atoms with van der Waals surface area (Å²) >= 11 is 0. The zero-order valence-corrected chi connectivity index (χ0v) is 12.5. The third kappa shape index (κ3) is 4.08. The van der Waals surface area contributed by atoms with E-state index in [4.69, 9.17) is 0 Å². The fourth-order valence-corrected chi connectivity index (χ4v) is 2.60. The van der Waals surface area contributed by atoms with E-state index >= 15 is 0 Å². The van der Waals surface area contributed by atoms with Crippen LogP contribution >= 0.6 is 0 Å². The first-order valence-corrected chi connectivity index (χ1v) is 7.52. The van der Waals surface area contributed by atoms with Crippen molar-refractivity contribution in [3.63, 3.8) is 0 Å². The summed E-state index contributed by atoms with van der Waals surface area (Å²) in [5.41, 5.74) is 0.814. The van der Waals surface area contributed by atoms with E-state index < -0.39 is 5.92 Å². The fourth-order valence-electron chi connectivity index (χ4n) is 2.60. The van der Waals surface area contributed by atoms with Gasteiger partial charge in [0.05, 0.1) is 0 Å². The van der Waals surface area contributed by atoms with Crippen molar-refractivity contribution in [3.05, 3.63) is 30.3 Å². The Morgan fingerprint density at radius 2 is 1.96 bits per heavy atom. The van der Waals surface area contributed by atoms with Crippen molar-refractivity contribution in [3.8, 4) is 11.4 Å². The lowest BCUT2D eigenvalue weighted by Crippen LogP contribution is -2.41. The molecule has 0 bridgehead atoms. The lowest BCUT2D eigenvalue weighted by atomic mass is 9.92. The summed E-state index contributed by atoms with van der Waals surface area (Å²) in [4.78, 5) is 13.2. The molecule has 1 aromatic heterocycles. The zero-order chi connectivity index (χ0) is 16.3. The summed E-state index contributed by atoms with van der Waals surface area (Å²) < 4.78 is 26.2. The first kappa shape index (κ1) is 15.5. The predicted octanol–water partition coefficient (Wildman–Crippen LogP) is 2.03. The van der Waals surface area contributed by atoms with Crippen molar-refractivity contribution >= 4 is 5.91 Å². The van der Waals surface area contributed by atoms with Gasteiger partial charge < -0.3 is 5.32 Å². The number of halogens is 2. The Hall–Kier alpha value is -2.38. The average molecular weight is 321 g/mol. The number of hydrogen-bond donors (Lipinski definition) is 1. The number of tetrazole rings is 1. The van der Waals surface area contributed by atoms with E-state index in [-0.39, 0.29) is 31.3 Å². The average Bonchev–Trinajstić information content (AvgIpc) is 2.99. The minimum Gasteiger partial charge on any atom is -0.352 e. The number of aromatic nitrogens is 4. The van der Waals surface area contributed by atoms with E-state index in [0.29, 0.717) is 18.7 Å². The van der Waals surface area contributed by atoms with E-state index in [2.05, 4.69) is 20.7 Å². The molecule has 3 rings (SSSR count). The SMILES string of the molecule is O=C(Cn1nnc(-c2ccccc2)n1)NC1CCC(F)(F)CC1. The van der Waals surface area contributed by atoms with Crippen molar-refractivity contribution in [2.75, 3.05) is 0 Å². The Bertz CT molecular complexity index is 664. The number of nitrogens with one attached hydrogen (secondary N) is 1. The van der Waals surface area contributed by atoms with Crippen molar-refractivity contribution in [2.45, 2.75) is 44.2 Å². The van der Waals surface area contributed by atoms with Gasteiger partial charge in [0.25, 0.3) is 0 Å². The van der Waals surface area contributed by atoms with Crippen molar-refractivity contribution in [1.82, 2.24) is 25.5 Å². The Morgan fingerprint density at radius 3 is 2.65 bits per heavy atom. The lowest BCUT2D eigenvalue weighted by Gasteiger charge is -2.28. The highest BCUT2D eigenvalue weighted by Crippen LogP contribution is 2.32. The van der Waals surface area contributed by atoms with Crippen LogP contribution in [-0.2, 0) is 11.3 Å². The van der Waals surface area contributed by atoms with Crippen LogP contribution in [0.3, 0.4) is 0 Å². The first-order chi connectivity index (χ1) is 11.0. The molecule has 1 amide bonds. The van der Waals surface area contributed by atoms with Crippen LogP contribution in [-0.4, -0.2) is 38.1 Å². The minimum atomic E-state index is -2.60. The van der Waals surface area contributed by atoms with E-state index in [1.165, 1.54) is 4.80 Å². The van der Waals surface area contributed by atoms with Gasteiger partial charge in [-0.25, -0.2) is 8.78 Å². The van der Waals surface area contributed by atoms with Crippen LogP contribution in [0.2, 0.25) is 0 Å². The molecular formula is C15H17F2N5O. The summed E-state index contributed by atoms with van der Waals surface area (Å²) in [6.45, 7) is -0.0767. The second-order valence-corrected chi connectivity index (χ2v) is 5.71. The van der Waals surface area contributed by atoms with E-state index in [1.807, 2.05) is 30.3 Å². The van der Waals surface area contributed by atoms with Crippen LogP contribution < -0.4 is 5.32 Å². The number of alkyl halides is 2. The number of rotatable bonds is 4. The van der Waals surface area contributed by atoms with Crippen LogP contribution in [0.25, 0.3) is 11.4 Å². The van der Waals surface area contributed by atoms with E-state index in [0.717, 1.165) is 5.56 Å². The highest BCUT2D eigenvalue weighted by atomic mass is 19.3. The molecule has 2 aromatic rings. The quantitative estimate of drug-likeness (QED) is 0.935. The summed E-state index contributed by atoms with van der Waals surface area (Å²) in [5.74, 6) is -2.45. The smallest absolute Gasteiger partial charge is 0.248 e. The lowest BCUT2D eigenvalue weighted by molar-refractivity contribution is -0.124. The second kappa shape index (κ2) is 6.39. The third-order valence-electron chi connectivity index (χ3n) is 3.85. The highest BCUT2D eigenvalue weighted by Gasteiger charge is 2.35. The molecule has 0 atom stereocenters. The number of carbonyl (C=O) groups is 1. The molecule has 122 valence electrons. The topological polar surface area (TPSA) is 72.7 Å². The normalized spacial score (nSPS) is 17.8. The van der Waals surface area contributed by atoms with Crippen LogP contribution in [0.5, 0.6) is 0 Å². The molecule has 1 heterocycles. The molecule has 1 fully saturated rings. The number of hydrogen-bond acceptors (Lipinski definition) is 4. The van der Waals surface area contributed by atoms with Crippen LogP contribution in [0.4, 0.5) is 8.78 Å². The molecule has 1 aromatic carbocycles. The molecule has 1 N–H and O–H groups in total. The summed E-state index contributed by atoms with van der Waals surface area (Å²) in [6, 6.07) is 9.10. The molecule has 0 radical (unpaired) electrons. The first-order valence-electron chi connectivity index (χ1n) is 7.52. The molecule has 6 nitrogen and oxygen atoms in total. The Balaban J connectivity index is 1.54. The molecule has 0 unspecified atom stereocenters. The van der Waals surface area contributed by atoms with Gasteiger partial charge in [0.2, 0.25) is 17.7 Å². The maximum atomic E-state index is 13.1. The van der Waals surface area contributed by atoms with Gasteiger partial charge in [-0.1, -0.05) is 30.3 Å². The number of benzene rings is 1. The maximum absolute atomic E-state index is 13.1. The highest BCUT2D eigenvalue weighted by molar-refractivity contribution is 5.75. The Kier molecular flexibility index (Phi) is 4.31. The number of nitrogens with zero attached hydrogens (tertiary/aromatic N) is 4. The van der Waals surface area contributed by atoms with Gasteiger partial charge in [-0.3, -0.25) is 4.79 Å². The maximum Gasteiger partial charge on any atom is 0.248 e. The molecule has 23 heavy (non-hydrogen) atoms. The second-order valence-electron chi connectivity index (χ2n) is 5.71. The van der Waals surface area contributed by atoms with E-state index in [9.17, 15) is 13.6 Å². The van der Waals surface area contributed by atoms with Crippen molar-refractivity contribution in [1.29, 1.82) is 0 Å². The van der Waals surface area contributed by atoms with Crippen LogP contribution in [0, 0.1) is 0 Å². The van der Waals surface area contributed by atoms with Crippen molar-refractivity contribution in [2.24, 2.45) is 0 Å².